The number of rotatable bonds is 2. The highest BCUT2D eigenvalue weighted by atomic mass is 19.1. The molecule has 1 fully saturated rings. The zero-order chi connectivity index (χ0) is 21.4. The van der Waals surface area contributed by atoms with E-state index in [0.29, 0.717) is 32.8 Å². The zero-order valence-electron chi connectivity index (χ0n) is 17.7. The Morgan fingerprint density at radius 1 is 1.13 bits per heavy atom. The van der Waals surface area contributed by atoms with E-state index in [1.807, 2.05) is 28.9 Å². The van der Waals surface area contributed by atoms with Crippen LogP contribution in [0.15, 0.2) is 36.4 Å². The third-order valence-corrected chi connectivity index (χ3v) is 6.35. The van der Waals surface area contributed by atoms with Crippen molar-refractivity contribution in [2.45, 2.75) is 26.3 Å². The number of fused-ring (bicyclic) bond motifs is 2. The summed E-state index contributed by atoms with van der Waals surface area (Å²) in [5.41, 5.74) is 5.13. The van der Waals surface area contributed by atoms with Crippen LogP contribution in [0.2, 0.25) is 0 Å². The van der Waals surface area contributed by atoms with E-state index in [4.69, 9.17) is 4.74 Å². The number of piperidine rings is 1. The van der Waals surface area contributed by atoms with Gasteiger partial charge in [0.15, 0.2) is 0 Å². The van der Waals surface area contributed by atoms with Gasteiger partial charge in [0.05, 0.1) is 30.8 Å². The first-order valence-corrected chi connectivity index (χ1v) is 10.9. The number of nitrogens with one attached hydrogen (secondary N) is 1. The van der Waals surface area contributed by atoms with Crippen molar-refractivity contribution >= 4 is 17.1 Å². The van der Waals surface area contributed by atoms with E-state index >= 15 is 0 Å². The second-order valence-corrected chi connectivity index (χ2v) is 8.51. The number of hydrogen-bond donors (Lipinski definition) is 1. The van der Waals surface area contributed by atoms with E-state index in [-0.39, 0.29) is 18.6 Å². The number of urea groups is 1. The molecule has 2 aliphatic rings. The average Bonchev–Trinajstić information content (AvgIpc) is 3.04. The van der Waals surface area contributed by atoms with E-state index in [9.17, 15) is 9.18 Å². The molecule has 1 N–H and O–H groups in total. The number of carbonyl (C=O) groups is 1. The number of aromatic nitrogens is 2. The Bertz CT molecular complexity index is 1100. The number of carbonyl (C=O) groups excluding carboxylic acids is 1. The molecule has 0 radical (unpaired) electrons. The van der Waals surface area contributed by atoms with E-state index < -0.39 is 0 Å². The number of imidazole rings is 1. The number of likely N-dealkylation sites (tertiary alicyclic amines) is 1. The summed E-state index contributed by atoms with van der Waals surface area (Å²) in [6.45, 7) is 4.44. The summed E-state index contributed by atoms with van der Waals surface area (Å²) in [5.74, 6) is 1.82. The average molecular weight is 423 g/mol. The lowest BCUT2D eigenvalue weighted by atomic mass is 9.98. The van der Waals surface area contributed by atoms with Crippen molar-refractivity contribution in [2.24, 2.45) is 5.92 Å². The Kier molecular flexibility index (Phi) is 5.26. The molecule has 3 aromatic rings. The molecule has 0 unspecified atom stereocenters. The highest BCUT2D eigenvalue weighted by Crippen LogP contribution is 2.31. The van der Waals surface area contributed by atoms with Crippen molar-refractivity contribution in [2.75, 3.05) is 32.9 Å². The van der Waals surface area contributed by atoms with Gasteiger partial charge >= 0.3 is 6.03 Å². The maximum absolute atomic E-state index is 13.1. The van der Waals surface area contributed by atoms with Gasteiger partial charge in [0.2, 0.25) is 0 Å². The van der Waals surface area contributed by atoms with Crippen molar-refractivity contribution in [3.8, 4) is 16.9 Å². The van der Waals surface area contributed by atoms with Crippen LogP contribution in [-0.2, 0) is 6.54 Å². The number of benzene rings is 2. The molecule has 3 heterocycles. The molecule has 7 heteroatoms. The summed E-state index contributed by atoms with van der Waals surface area (Å²) in [7, 11) is 0. The maximum atomic E-state index is 13.1. The highest BCUT2D eigenvalue weighted by Gasteiger charge is 2.28. The maximum Gasteiger partial charge on any atom is 0.320 e. The number of ether oxygens (including phenoxy) is 1. The van der Waals surface area contributed by atoms with Crippen LogP contribution in [0.4, 0.5) is 9.18 Å². The molecule has 0 atom stereocenters. The lowest BCUT2D eigenvalue weighted by Crippen LogP contribution is -2.47. The molecule has 2 aromatic carbocycles. The van der Waals surface area contributed by atoms with Gasteiger partial charge in [0.25, 0.3) is 0 Å². The molecule has 5 rings (SSSR count). The molecule has 2 amide bonds. The van der Waals surface area contributed by atoms with Crippen molar-refractivity contribution < 1.29 is 13.9 Å². The Hall–Kier alpha value is -3.09. The molecule has 0 spiro atoms. The number of aryl methyl sites for hydroxylation is 1. The number of H-pyrrole nitrogens is 1. The first-order chi connectivity index (χ1) is 15.1. The largest absolute Gasteiger partial charge is 0.491 e. The summed E-state index contributed by atoms with van der Waals surface area (Å²) in [6.07, 6.45) is 1.48. The molecule has 0 aliphatic carbocycles. The number of alkyl halides is 1. The minimum absolute atomic E-state index is 0.0218. The van der Waals surface area contributed by atoms with Gasteiger partial charge in [0.1, 0.15) is 18.2 Å². The molecule has 6 nitrogen and oxygen atoms in total. The van der Waals surface area contributed by atoms with Crippen LogP contribution >= 0.6 is 0 Å². The lowest BCUT2D eigenvalue weighted by molar-refractivity contribution is 0.122. The Balaban J connectivity index is 1.37. The number of aromatic amines is 1. The van der Waals surface area contributed by atoms with Crippen LogP contribution in [0, 0.1) is 12.8 Å². The summed E-state index contributed by atoms with van der Waals surface area (Å²) in [6, 6.07) is 12.4. The minimum atomic E-state index is -0.292. The third-order valence-electron chi connectivity index (χ3n) is 6.35. The number of hydrogen-bond acceptors (Lipinski definition) is 3. The van der Waals surface area contributed by atoms with Crippen LogP contribution in [0.1, 0.15) is 24.2 Å². The van der Waals surface area contributed by atoms with Crippen LogP contribution in [-0.4, -0.2) is 58.7 Å². The summed E-state index contributed by atoms with van der Waals surface area (Å²) >= 11 is 0. The standard InChI is InChI=1S/C24H27FN4O2/c1-16-26-21-4-2-19(13-22(21)27-16)18-3-5-23-20(12-18)15-29(10-11-31-23)24(30)28-8-6-17(14-25)7-9-28/h2-5,12-13,17H,6-11,14-15H2,1H3,(H,26,27). The summed E-state index contributed by atoms with van der Waals surface area (Å²) in [5, 5.41) is 0. The molecule has 162 valence electrons. The second kappa shape index (κ2) is 8.21. The summed E-state index contributed by atoms with van der Waals surface area (Å²) in [4.78, 5) is 24.6. The van der Waals surface area contributed by atoms with Gasteiger partial charge in [-0.05, 0) is 61.1 Å². The van der Waals surface area contributed by atoms with Gasteiger partial charge < -0.3 is 19.5 Å². The predicted octanol–water partition coefficient (Wildman–Crippen LogP) is 4.53. The van der Waals surface area contributed by atoms with Gasteiger partial charge in [0, 0.05) is 18.7 Å². The fraction of sp³-hybridized carbons (Fsp3) is 0.417. The van der Waals surface area contributed by atoms with Crippen LogP contribution < -0.4 is 4.74 Å². The summed E-state index contributed by atoms with van der Waals surface area (Å²) < 4.78 is 18.8. The SMILES string of the molecule is Cc1nc2ccc(-c3ccc4c(c3)CN(C(=O)N3CCC(CF)CC3)CCO4)cc2[nH]1. The molecule has 0 bridgehead atoms. The molecule has 31 heavy (non-hydrogen) atoms. The van der Waals surface area contributed by atoms with E-state index in [2.05, 4.69) is 34.2 Å². The molecule has 1 saturated heterocycles. The van der Waals surface area contributed by atoms with E-state index in [1.165, 1.54) is 0 Å². The van der Waals surface area contributed by atoms with Crippen LogP contribution in [0.25, 0.3) is 22.2 Å². The first-order valence-electron chi connectivity index (χ1n) is 10.9. The Morgan fingerprint density at radius 3 is 2.71 bits per heavy atom. The topological polar surface area (TPSA) is 61.5 Å². The number of nitrogens with zero attached hydrogens (tertiary/aromatic N) is 3. The van der Waals surface area contributed by atoms with Gasteiger partial charge in [-0.25, -0.2) is 9.78 Å². The molecule has 1 aromatic heterocycles. The minimum Gasteiger partial charge on any atom is -0.491 e. The normalized spacial score (nSPS) is 17.4. The Labute approximate surface area is 181 Å². The van der Waals surface area contributed by atoms with Crippen LogP contribution in [0.5, 0.6) is 5.75 Å². The zero-order valence-corrected chi connectivity index (χ0v) is 17.7. The van der Waals surface area contributed by atoms with Crippen molar-refractivity contribution in [3.63, 3.8) is 0 Å². The smallest absolute Gasteiger partial charge is 0.320 e. The van der Waals surface area contributed by atoms with E-state index in [0.717, 1.165) is 52.1 Å². The van der Waals surface area contributed by atoms with Crippen LogP contribution in [0.3, 0.4) is 0 Å². The van der Waals surface area contributed by atoms with Gasteiger partial charge in [-0.2, -0.15) is 0 Å². The first kappa shape index (κ1) is 19.8. The van der Waals surface area contributed by atoms with Crippen molar-refractivity contribution in [1.29, 1.82) is 0 Å². The van der Waals surface area contributed by atoms with E-state index in [1.54, 1.807) is 0 Å². The van der Waals surface area contributed by atoms with Crippen molar-refractivity contribution in [1.82, 2.24) is 19.8 Å². The fourth-order valence-electron chi connectivity index (χ4n) is 4.53. The number of amides is 2. The van der Waals surface area contributed by atoms with Crippen molar-refractivity contribution in [3.05, 3.63) is 47.8 Å². The molecular weight excluding hydrogens is 395 g/mol. The lowest BCUT2D eigenvalue weighted by Gasteiger charge is -2.34. The molecule has 2 aliphatic heterocycles. The van der Waals surface area contributed by atoms with Gasteiger partial charge in [-0.3, -0.25) is 4.39 Å². The number of halogens is 1. The monoisotopic (exact) mass is 422 g/mol. The highest BCUT2D eigenvalue weighted by molar-refractivity contribution is 5.82. The molecule has 0 saturated carbocycles. The predicted molar refractivity (Wildman–Crippen MR) is 118 cm³/mol. The second-order valence-electron chi connectivity index (χ2n) is 8.51. The fourth-order valence-corrected chi connectivity index (χ4v) is 4.53. The quantitative estimate of drug-likeness (QED) is 0.660. The third kappa shape index (κ3) is 3.96. The Morgan fingerprint density at radius 2 is 1.90 bits per heavy atom. The van der Waals surface area contributed by atoms with Gasteiger partial charge in [-0.15, -0.1) is 0 Å². The molecular formula is C24H27FN4O2. The van der Waals surface area contributed by atoms with Gasteiger partial charge in [-0.1, -0.05) is 12.1 Å².